The van der Waals surface area contributed by atoms with Crippen LogP contribution >= 0.6 is 0 Å². The lowest BCUT2D eigenvalue weighted by molar-refractivity contribution is -0.660. The predicted octanol–water partition coefficient (Wildman–Crippen LogP) is 7.52. The van der Waals surface area contributed by atoms with Crippen molar-refractivity contribution >= 4 is 21.9 Å². The van der Waals surface area contributed by atoms with Gasteiger partial charge >= 0.3 is 0 Å². The lowest BCUT2D eigenvalue weighted by Crippen LogP contribution is -2.32. The molecule has 3 aromatic heterocycles. The van der Waals surface area contributed by atoms with Crippen molar-refractivity contribution in [3.05, 3.63) is 82.8 Å². The Balaban J connectivity index is 1.71. The second-order valence-electron chi connectivity index (χ2n) is 9.38. The molecule has 0 N–H and O–H groups in total. The summed E-state index contributed by atoms with van der Waals surface area (Å²) in [5, 5.41) is 1.19. The van der Waals surface area contributed by atoms with Gasteiger partial charge in [-0.05, 0) is 60.1 Å². The molecule has 0 saturated heterocycles. The minimum absolute atomic E-state index is 0.00426. The van der Waals surface area contributed by atoms with E-state index in [2.05, 4.69) is 4.98 Å². The van der Waals surface area contributed by atoms with E-state index in [4.69, 9.17) is 18.1 Å². The smallest absolute Gasteiger partial charge is 0.216 e. The van der Waals surface area contributed by atoms with Crippen LogP contribution in [0.15, 0.2) is 59.3 Å². The van der Waals surface area contributed by atoms with E-state index in [1.54, 1.807) is 55.8 Å². The number of furan rings is 1. The SMILES string of the molecule is [2H]C([2H])([2H])c1c[n+](C)c(-c2c(C)ccc3c2oc2cc4c(cc23)C(C([2H])([2H])[2H])(C([2H])([2H])[2H])c2ncccc2-4)cc1C([2H])(C)C. The lowest BCUT2D eigenvalue weighted by Gasteiger charge is -2.19. The largest absolute Gasteiger partial charge is 0.455 e. The molecule has 170 valence electrons. The van der Waals surface area contributed by atoms with Crippen molar-refractivity contribution < 1.29 is 22.7 Å². The molecule has 0 unspecified atom stereocenters. The molecule has 3 nitrogen and oxygen atoms in total. The van der Waals surface area contributed by atoms with Crippen molar-refractivity contribution in [1.82, 2.24) is 4.98 Å². The lowest BCUT2D eigenvalue weighted by atomic mass is 9.84. The quantitative estimate of drug-likeness (QED) is 0.257. The molecule has 3 heteroatoms. The zero-order valence-electron chi connectivity index (χ0n) is 29.5. The zero-order valence-corrected chi connectivity index (χ0v) is 19.5. The van der Waals surface area contributed by atoms with Gasteiger partial charge in [0.05, 0.1) is 11.3 Å². The van der Waals surface area contributed by atoms with E-state index in [0.717, 1.165) is 5.56 Å². The van der Waals surface area contributed by atoms with Crippen molar-refractivity contribution in [2.24, 2.45) is 7.05 Å². The highest BCUT2D eigenvalue weighted by molar-refractivity contribution is 6.11. The standard InChI is InChI=1S/C31H31N2O/c1-17(2)22-14-26(33(7)16-19(22)4)28-18(3)10-11-20-24-13-25-23(15-27(24)34-29(20)28)21-9-8-12-32-30(21)31(25,5)6/h8-17H,1-7H3/q+1/i4D3,5D3,6D3,17D. The molecule has 1 aliphatic rings. The van der Waals surface area contributed by atoms with Crippen LogP contribution in [0.2, 0.25) is 0 Å². The Morgan fingerprint density at radius 3 is 2.68 bits per heavy atom. The molecule has 3 heterocycles. The van der Waals surface area contributed by atoms with Gasteiger partial charge in [0, 0.05) is 53.3 Å². The van der Waals surface area contributed by atoms with E-state index >= 15 is 0 Å². The van der Waals surface area contributed by atoms with Crippen molar-refractivity contribution in [1.29, 1.82) is 0 Å². The van der Waals surface area contributed by atoms with Crippen LogP contribution in [-0.4, -0.2) is 4.98 Å². The number of nitrogens with zero attached hydrogens (tertiary/aromatic N) is 2. The van der Waals surface area contributed by atoms with Gasteiger partial charge in [-0.25, -0.2) is 4.57 Å². The molecular formula is C31H31N2O+. The summed E-state index contributed by atoms with van der Waals surface area (Å²) in [7, 11) is 1.74. The average Bonchev–Trinajstić information content (AvgIpc) is 3.39. The molecule has 0 atom stereocenters. The van der Waals surface area contributed by atoms with Gasteiger partial charge in [0.2, 0.25) is 5.69 Å². The van der Waals surface area contributed by atoms with Crippen LogP contribution in [0.1, 0.15) is 75.1 Å². The van der Waals surface area contributed by atoms with Crippen molar-refractivity contribution in [3.8, 4) is 22.4 Å². The summed E-state index contributed by atoms with van der Waals surface area (Å²) in [6.07, 6.45) is 2.95. The van der Waals surface area contributed by atoms with Crippen LogP contribution in [0, 0.1) is 13.8 Å². The number of fused-ring (bicyclic) bond motifs is 6. The minimum Gasteiger partial charge on any atom is -0.455 e. The van der Waals surface area contributed by atoms with Crippen LogP contribution in [-0.2, 0) is 12.5 Å². The number of aromatic nitrogens is 2. The van der Waals surface area contributed by atoms with Crippen LogP contribution in [0.3, 0.4) is 0 Å². The molecule has 34 heavy (non-hydrogen) atoms. The highest BCUT2D eigenvalue weighted by atomic mass is 16.3. The molecule has 0 radical (unpaired) electrons. The second kappa shape index (κ2) is 7.02. The summed E-state index contributed by atoms with van der Waals surface area (Å²) >= 11 is 0. The van der Waals surface area contributed by atoms with E-state index in [1.165, 1.54) is 12.4 Å². The molecular weight excluding hydrogens is 416 g/mol. The van der Waals surface area contributed by atoms with E-state index in [9.17, 15) is 0 Å². The summed E-state index contributed by atoms with van der Waals surface area (Å²) in [6.45, 7) is -3.12. The normalized spacial score (nSPS) is 20.0. The Hall–Kier alpha value is -3.46. The molecule has 5 aromatic rings. The molecule has 0 aliphatic heterocycles. The molecule has 1 aliphatic carbocycles. The summed E-state index contributed by atoms with van der Waals surface area (Å²) in [5.74, 6) is -1.21. The zero-order chi connectivity index (χ0) is 32.4. The van der Waals surface area contributed by atoms with E-state index in [1.807, 2.05) is 19.1 Å². The number of aryl methyl sites for hydroxylation is 3. The van der Waals surface area contributed by atoms with Crippen LogP contribution in [0.5, 0.6) is 0 Å². The van der Waals surface area contributed by atoms with Crippen LogP contribution in [0.25, 0.3) is 44.3 Å². The molecule has 0 spiro atoms. The summed E-state index contributed by atoms with van der Waals surface area (Å²) < 4.78 is 92.2. The van der Waals surface area contributed by atoms with Gasteiger partial charge in [0.25, 0.3) is 0 Å². The maximum absolute atomic E-state index is 8.72. The fourth-order valence-electron chi connectivity index (χ4n) is 5.20. The number of rotatable bonds is 2. The fourth-order valence-corrected chi connectivity index (χ4v) is 5.20. The second-order valence-corrected chi connectivity index (χ2v) is 9.38. The number of hydrogen-bond acceptors (Lipinski definition) is 2. The maximum Gasteiger partial charge on any atom is 0.216 e. The first-order valence-electron chi connectivity index (χ1n) is 16.2. The first kappa shape index (κ1) is 12.9. The summed E-state index contributed by atoms with van der Waals surface area (Å²) in [5.41, 5.74) is 2.20. The van der Waals surface area contributed by atoms with Gasteiger partial charge in [0.15, 0.2) is 6.20 Å². The third-order valence-electron chi connectivity index (χ3n) is 6.91. The van der Waals surface area contributed by atoms with E-state index in [0.29, 0.717) is 49.9 Å². The van der Waals surface area contributed by atoms with Gasteiger partial charge in [0.1, 0.15) is 18.2 Å². The molecule has 0 bridgehead atoms. The van der Waals surface area contributed by atoms with Crippen molar-refractivity contribution in [2.45, 2.75) is 52.6 Å². The Morgan fingerprint density at radius 2 is 1.91 bits per heavy atom. The Morgan fingerprint density at radius 1 is 1.06 bits per heavy atom. The topological polar surface area (TPSA) is 29.9 Å². The van der Waals surface area contributed by atoms with E-state index < -0.39 is 31.9 Å². The van der Waals surface area contributed by atoms with Crippen molar-refractivity contribution in [2.75, 3.05) is 0 Å². The average molecular weight is 458 g/mol. The minimum atomic E-state index is -2.95. The molecule has 2 aromatic carbocycles. The Bertz CT molecular complexity index is 1980. The Labute approximate surface area is 215 Å². The first-order chi connectivity index (χ1) is 20.2. The third kappa shape index (κ3) is 2.76. The van der Waals surface area contributed by atoms with Crippen LogP contribution < -0.4 is 4.57 Å². The molecule has 0 fully saturated rings. The maximum atomic E-state index is 8.72. The highest BCUT2D eigenvalue weighted by Gasteiger charge is 2.37. The van der Waals surface area contributed by atoms with Gasteiger partial charge in [-0.2, -0.15) is 0 Å². The van der Waals surface area contributed by atoms with Gasteiger partial charge < -0.3 is 4.42 Å². The van der Waals surface area contributed by atoms with E-state index in [-0.39, 0.29) is 16.8 Å². The molecule has 0 amide bonds. The summed E-state index contributed by atoms with van der Waals surface area (Å²) in [4.78, 5) is 4.32. The summed E-state index contributed by atoms with van der Waals surface area (Å²) in [6, 6.07) is 12.1. The fraction of sp³-hybridized carbons (Fsp3) is 0.290. The monoisotopic (exact) mass is 457 g/mol. The van der Waals surface area contributed by atoms with Crippen LogP contribution in [0.4, 0.5) is 0 Å². The number of pyridine rings is 2. The van der Waals surface area contributed by atoms with Gasteiger partial charge in [-0.1, -0.05) is 45.8 Å². The highest BCUT2D eigenvalue weighted by Crippen LogP contribution is 2.50. The first-order valence-corrected chi connectivity index (χ1v) is 11.2. The predicted molar refractivity (Wildman–Crippen MR) is 139 cm³/mol. The molecule has 6 rings (SSSR count). The third-order valence-corrected chi connectivity index (χ3v) is 6.91. The molecule has 0 saturated carbocycles. The number of benzene rings is 2. The number of hydrogen-bond donors (Lipinski definition) is 0. The van der Waals surface area contributed by atoms with Crippen molar-refractivity contribution in [3.63, 3.8) is 0 Å². The Kier molecular flexibility index (Phi) is 2.65. The van der Waals surface area contributed by atoms with Gasteiger partial charge in [-0.15, -0.1) is 0 Å². The van der Waals surface area contributed by atoms with Gasteiger partial charge in [-0.3, -0.25) is 4.98 Å².